The SMILES string of the molecule is C=C(Nc1cccc(C(=O)N(C)C)c1O)C(=O)C(=O)CNC(CC)c1cccs1. The molecule has 1 amide bonds. The van der Waals surface area contributed by atoms with E-state index in [0.29, 0.717) is 0 Å². The zero-order chi connectivity index (χ0) is 21.6. The zero-order valence-corrected chi connectivity index (χ0v) is 17.5. The molecular weight excluding hydrogens is 390 g/mol. The fraction of sp³-hybridized carbons (Fsp3) is 0.286. The Bertz CT molecular complexity index is 907. The molecule has 2 rings (SSSR count). The molecule has 7 nitrogen and oxygen atoms in total. The van der Waals surface area contributed by atoms with Gasteiger partial charge in [0.15, 0.2) is 5.75 Å². The van der Waals surface area contributed by atoms with Gasteiger partial charge in [0.2, 0.25) is 11.6 Å². The molecule has 0 spiro atoms. The van der Waals surface area contributed by atoms with Crippen LogP contribution >= 0.6 is 11.3 Å². The molecule has 0 aliphatic carbocycles. The van der Waals surface area contributed by atoms with Gasteiger partial charge in [0.05, 0.1) is 23.5 Å². The number of amides is 1. The molecule has 0 aliphatic rings. The predicted octanol–water partition coefficient (Wildman–Crippen LogP) is 2.96. The number of phenolic OH excluding ortho intramolecular Hbond substituents is 1. The Morgan fingerprint density at radius 2 is 1.93 bits per heavy atom. The number of hydrogen-bond acceptors (Lipinski definition) is 7. The van der Waals surface area contributed by atoms with Crippen LogP contribution < -0.4 is 10.6 Å². The van der Waals surface area contributed by atoms with E-state index >= 15 is 0 Å². The number of para-hydroxylation sites is 1. The number of rotatable bonds is 10. The summed E-state index contributed by atoms with van der Waals surface area (Å²) >= 11 is 1.58. The highest BCUT2D eigenvalue weighted by atomic mass is 32.1. The molecule has 1 aromatic carbocycles. The van der Waals surface area contributed by atoms with Crippen LogP contribution in [0.3, 0.4) is 0 Å². The van der Waals surface area contributed by atoms with Crippen molar-refractivity contribution in [1.29, 1.82) is 0 Å². The Kier molecular flexibility index (Phi) is 7.69. The number of hydrogen-bond donors (Lipinski definition) is 3. The van der Waals surface area contributed by atoms with Gasteiger partial charge in [0, 0.05) is 25.0 Å². The summed E-state index contributed by atoms with van der Waals surface area (Å²) in [5.41, 5.74) is 0.0301. The highest BCUT2D eigenvalue weighted by Crippen LogP contribution is 2.29. The Hall–Kier alpha value is -2.97. The van der Waals surface area contributed by atoms with Gasteiger partial charge in [0.1, 0.15) is 0 Å². The summed E-state index contributed by atoms with van der Waals surface area (Å²) in [6.07, 6.45) is 0.780. The summed E-state index contributed by atoms with van der Waals surface area (Å²) in [6.45, 7) is 5.48. The molecule has 2 aromatic rings. The Morgan fingerprint density at radius 3 is 2.52 bits per heavy atom. The van der Waals surface area contributed by atoms with E-state index in [1.807, 2.05) is 24.4 Å². The van der Waals surface area contributed by atoms with E-state index in [9.17, 15) is 19.5 Å². The molecule has 0 aliphatic heterocycles. The summed E-state index contributed by atoms with van der Waals surface area (Å²) < 4.78 is 0. The molecule has 1 aromatic heterocycles. The number of thiophene rings is 1. The van der Waals surface area contributed by atoms with Crippen molar-refractivity contribution >= 4 is 34.5 Å². The van der Waals surface area contributed by atoms with E-state index in [-0.39, 0.29) is 41.2 Å². The average molecular weight is 416 g/mol. The topological polar surface area (TPSA) is 98.7 Å². The second-order valence-corrected chi connectivity index (χ2v) is 7.59. The molecule has 154 valence electrons. The van der Waals surface area contributed by atoms with Gasteiger partial charge in [-0.05, 0) is 30.0 Å². The average Bonchev–Trinajstić information content (AvgIpc) is 3.23. The number of aromatic hydroxyl groups is 1. The Balaban J connectivity index is 2.01. The summed E-state index contributed by atoms with van der Waals surface area (Å²) in [5.74, 6) is -2.13. The van der Waals surface area contributed by atoms with Gasteiger partial charge in [0.25, 0.3) is 5.91 Å². The number of phenols is 1. The lowest BCUT2D eigenvalue weighted by molar-refractivity contribution is -0.133. The van der Waals surface area contributed by atoms with Crippen LogP contribution in [0.15, 0.2) is 48.0 Å². The third-order valence-electron chi connectivity index (χ3n) is 4.29. The highest BCUT2D eigenvalue weighted by molar-refractivity contribution is 7.10. The molecule has 1 heterocycles. The van der Waals surface area contributed by atoms with Crippen LogP contribution in [-0.4, -0.2) is 48.1 Å². The second kappa shape index (κ2) is 9.99. The zero-order valence-electron chi connectivity index (χ0n) is 16.7. The molecule has 0 radical (unpaired) electrons. The van der Waals surface area contributed by atoms with Gasteiger partial charge in [-0.1, -0.05) is 25.6 Å². The minimum absolute atomic E-state index is 0.00857. The van der Waals surface area contributed by atoms with Crippen LogP contribution in [-0.2, 0) is 9.59 Å². The maximum absolute atomic E-state index is 12.4. The van der Waals surface area contributed by atoms with Gasteiger partial charge >= 0.3 is 0 Å². The van der Waals surface area contributed by atoms with Gasteiger partial charge < -0.3 is 20.6 Å². The summed E-state index contributed by atoms with van der Waals surface area (Å²) in [4.78, 5) is 39.2. The smallest absolute Gasteiger partial charge is 0.257 e. The van der Waals surface area contributed by atoms with E-state index in [1.54, 1.807) is 31.5 Å². The van der Waals surface area contributed by atoms with Crippen molar-refractivity contribution < 1.29 is 19.5 Å². The number of benzene rings is 1. The van der Waals surface area contributed by atoms with Crippen molar-refractivity contribution in [2.45, 2.75) is 19.4 Å². The molecule has 8 heteroatoms. The fourth-order valence-corrected chi connectivity index (χ4v) is 3.56. The van der Waals surface area contributed by atoms with Crippen molar-refractivity contribution in [3.05, 3.63) is 58.4 Å². The molecule has 1 atom stereocenters. The number of allylic oxidation sites excluding steroid dienone is 1. The number of nitrogens with zero attached hydrogens (tertiary/aromatic N) is 1. The first-order valence-electron chi connectivity index (χ1n) is 9.10. The van der Waals surface area contributed by atoms with E-state index < -0.39 is 11.6 Å². The molecule has 0 bridgehead atoms. The number of nitrogens with one attached hydrogen (secondary N) is 2. The summed E-state index contributed by atoms with van der Waals surface area (Å²) in [6, 6.07) is 8.43. The van der Waals surface area contributed by atoms with E-state index in [0.717, 1.165) is 11.3 Å². The molecule has 1 unspecified atom stereocenters. The van der Waals surface area contributed by atoms with Crippen LogP contribution in [0.5, 0.6) is 5.75 Å². The number of carbonyl (C=O) groups excluding carboxylic acids is 3. The third kappa shape index (κ3) is 5.52. The highest BCUT2D eigenvalue weighted by Gasteiger charge is 2.22. The van der Waals surface area contributed by atoms with E-state index in [2.05, 4.69) is 17.2 Å². The first-order chi connectivity index (χ1) is 13.8. The summed E-state index contributed by atoms with van der Waals surface area (Å²) in [7, 11) is 3.13. The van der Waals surface area contributed by atoms with Crippen LogP contribution in [0.25, 0.3) is 0 Å². The maximum Gasteiger partial charge on any atom is 0.257 e. The minimum Gasteiger partial charge on any atom is -0.505 e. The van der Waals surface area contributed by atoms with Crippen molar-refractivity contribution in [1.82, 2.24) is 10.2 Å². The van der Waals surface area contributed by atoms with Crippen molar-refractivity contribution in [2.75, 3.05) is 26.0 Å². The van der Waals surface area contributed by atoms with Crippen LogP contribution in [0.2, 0.25) is 0 Å². The Labute approximate surface area is 174 Å². The standard InChI is InChI=1S/C21H25N3O4S/c1-5-15(18-10-7-11-29-18)22-12-17(25)19(26)13(2)23-16-9-6-8-14(20(16)27)21(28)24(3)4/h6-11,15,22-23,27H,2,5,12H2,1,3-4H3. The molecule has 3 N–H and O–H groups in total. The lowest BCUT2D eigenvalue weighted by Gasteiger charge is -2.16. The molecule has 0 saturated carbocycles. The lowest BCUT2D eigenvalue weighted by Crippen LogP contribution is -2.33. The van der Waals surface area contributed by atoms with Crippen molar-refractivity contribution in [3.63, 3.8) is 0 Å². The second-order valence-electron chi connectivity index (χ2n) is 6.61. The number of ketones is 2. The normalized spacial score (nSPS) is 11.6. The first-order valence-corrected chi connectivity index (χ1v) is 9.98. The van der Waals surface area contributed by atoms with Gasteiger partial charge in [-0.2, -0.15) is 0 Å². The lowest BCUT2D eigenvalue weighted by atomic mass is 10.1. The van der Waals surface area contributed by atoms with E-state index in [4.69, 9.17) is 0 Å². The van der Waals surface area contributed by atoms with E-state index in [1.165, 1.54) is 17.0 Å². The summed E-state index contributed by atoms with van der Waals surface area (Å²) in [5, 5.41) is 18.0. The monoisotopic (exact) mass is 415 g/mol. The van der Waals surface area contributed by atoms with Gasteiger partial charge in [-0.3, -0.25) is 14.4 Å². The molecule has 0 saturated heterocycles. The quantitative estimate of drug-likeness (QED) is 0.313. The predicted molar refractivity (Wildman–Crippen MR) is 114 cm³/mol. The van der Waals surface area contributed by atoms with Crippen molar-refractivity contribution in [2.24, 2.45) is 0 Å². The minimum atomic E-state index is -0.790. The van der Waals surface area contributed by atoms with Crippen LogP contribution in [0, 0.1) is 0 Å². The van der Waals surface area contributed by atoms with Crippen LogP contribution in [0.4, 0.5) is 5.69 Å². The third-order valence-corrected chi connectivity index (χ3v) is 5.28. The maximum atomic E-state index is 12.4. The number of carbonyl (C=O) groups is 3. The van der Waals surface area contributed by atoms with Crippen molar-refractivity contribution in [3.8, 4) is 5.75 Å². The molecule has 29 heavy (non-hydrogen) atoms. The fourth-order valence-electron chi connectivity index (χ4n) is 2.68. The Morgan fingerprint density at radius 1 is 1.21 bits per heavy atom. The molecule has 0 fully saturated rings. The number of anilines is 1. The van der Waals surface area contributed by atoms with Gasteiger partial charge in [-0.15, -0.1) is 11.3 Å². The van der Waals surface area contributed by atoms with Gasteiger partial charge in [-0.25, -0.2) is 0 Å². The number of Topliss-reactive ketones (excluding diaryl/α,β-unsaturated/α-hetero) is 2. The molecular formula is C21H25N3O4S. The first kappa shape index (κ1) is 22.3. The van der Waals surface area contributed by atoms with Crippen LogP contribution in [0.1, 0.15) is 34.6 Å². The largest absolute Gasteiger partial charge is 0.505 e.